The Hall–Kier alpha value is -0.670. The van der Waals surface area contributed by atoms with E-state index >= 15 is 0 Å². The maximum absolute atomic E-state index is 11.4. The van der Waals surface area contributed by atoms with Crippen molar-refractivity contribution in [3.05, 3.63) is 11.6 Å². The van der Waals surface area contributed by atoms with Gasteiger partial charge in [-0.3, -0.25) is 4.79 Å². The molecule has 66 valence electrons. The minimum Gasteiger partial charge on any atom is -0.379 e. The highest BCUT2D eigenvalue weighted by molar-refractivity contribution is 6.03. The van der Waals surface area contributed by atoms with E-state index in [-0.39, 0.29) is 11.9 Å². The van der Waals surface area contributed by atoms with Gasteiger partial charge >= 0.3 is 0 Å². The van der Waals surface area contributed by atoms with Gasteiger partial charge in [0.15, 0.2) is 11.4 Å². The van der Waals surface area contributed by atoms with Crippen LogP contribution in [0.5, 0.6) is 0 Å². The van der Waals surface area contributed by atoms with Crippen LogP contribution in [0.2, 0.25) is 0 Å². The first kappa shape index (κ1) is 7.95. The third-order valence-electron chi connectivity index (χ3n) is 2.67. The van der Waals surface area contributed by atoms with E-state index in [0.29, 0.717) is 5.57 Å². The maximum atomic E-state index is 11.4. The molecule has 1 saturated heterocycles. The van der Waals surface area contributed by atoms with Gasteiger partial charge in [0, 0.05) is 0 Å². The summed E-state index contributed by atoms with van der Waals surface area (Å²) in [5.74, 6) is -0.220. The van der Waals surface area contributed by atoms with Gasteiger partial charge in [-0.15, -0.1) is 0 Å². The third kappa shape index (κ3) is 0.753. The fraction of sp³-hybridized carbons (Fsp3) is 0.667. The molecule has 0 aromatic heterocycles. The van der Waals surface area contributed by atoms with E-state index in [2.05, 4.69) is 0 Å². The monoisotopic (exact) mass is 168 g/mol. The Morgan fingerprint density at radius 2 is 2.17 bits per heavy atom. The Kier molecular flexibility index (Phi) is 1.20. The molecule has 0 bridgehead atoms. The predicted octanol–water partition coefficient (Wildman–Crippen LogP) is 0.424. The van der Waals surface area contributed by atoms with Gasteiger partial charge in [-0.25, -0.2) is 0 Å². The van der Waals surface area contributed by atoms with Gasteiger partial charge in [-0.05, 0) is 32.4 Å². The molecule has 1 heterocycles. The summed E-state index contributed by atoms with van der Waals surface area (Å²) >= 11 is 0. The molecule has 3 heteroatoms. The van der Waals surface area contributed by atoms with Crippen molar-refractivity contribution in [1.29, 1.82) is 0 Å². The van der Waals surface area contributed by atoms with Crippen LogP contribution in [0.3, 0.4) is 0 Å². The van der Waals surface area contributed by atoms with Gasteiger partial charge < -0.3 is 9.84 Å². The summed E-state index contributed by atoms with van der Waals surface area (Å²) in [5.41, 5.74) is -1.13. The lowest BCUT2D eigenvalue weighted by molar-refractivity contribution is -0.133. The Labute approximate surface area is 71.0 Å². The quantitative estimate of drug-likeness (QED) is 0.533. The molecule has 0 aromatic carbocycles. The molecule has 0 unspecified atom stereocenters. The number of hydrogen-bond acceptors (Lipinski definition) is 3. The minimum atomic E-state index is -1.33. The number of Topliss-reactive ketones (excluding diaryl/α,β-unsaturated/α-hetero) is 1. The SMILES string of the molecule is CC1=C[C@]2(C)O[C@@H]2[C@](C)(O)C1=O. The van der Waals surface area contributed by atoms with Crippen LogP contribution < -0.4 is 0 Å². The number of carbonyl (C=O) groups is 1. The number of hydrogen-bond donors (Lipinski definition) is 1. The first-order chi connectivity index (χ1) is 5.38. The highest BCUT2D eigenvalue weighted by Gasteiger charge is 2.65. The van der Waals surface area contributed by atoms with Crippen molar-refractivity contribution in [3.63, 3.8) is 0 Å². The Bertz CT molecular complexity index is 290. The van der Waals surface area contributed by atoms with Crippen LogP contribution in [-0.2, 0) is 9.53 Å². The van der Waals surface area contributed by atoms with Crippen LogP contribution in [0.25, 0.3) is 0 Å². The van der Waals surface area contributed by atoms with Crippen molar-refractivity contribution in [2.75, 3.05) is 0 Å². The van der Waals surface area contributed by atoms with Crippen molar-refractivity contribution >= 4 is 5.78 Å². The highest BCUT2D eigenvalue weighted by Crippen LogP contribution is 2.48. The first-order valence-corrected chi connectivity index (χ1v) is 4.02. The Morgan fingerprint density at radius 3 is 2.75 bits per heavy atom. The summed E-state index contributed by atoms with van der Waals surface area (Å²) in [6.07, 6.45) is 1.44. The lowest BCUT2D eigenvalue weighted by Gasteiger charge is -2.24. The Balaban J connectivity index is 2.47. The number of ether oxygens (including phenoxy) is 1. The molecule has 0 saturated carbocycles. The van der Waals surface area contributed by atoms with E-state index in [1.165, 1.54) is 6.92 Å². The summed E-state index contributed by atoms with van der Waals surface area (Å²) in [7, 11) is 0. The van der Waals surface area contributed by atoms with E-state index in [1.807, 2.05) is 6.92 Å². The van der Waals surface area contributed by atoms with Gasteiger partial charge in [0.1, 0.15) is 11.7 Å². The fourth-order valence-electron chi connectivity index (χ4n) is 2.02. The highest BCUT2D eigenvalue weighted by atomic mass is 16.6. The van der Waals surface area contributed by atoms with Crippen LogP contribution in [0.1, 0.15) is 20.8 Å². The standard InChI is InChI=1S/C9H12O3/c1-5-4-8(2)7(12-8)9(3,11)6(5)10/h4,7,11H,1-3H3/t7-,8-,9+/m0/s1. The van der Waals surface area contributed by atoms with Gasteiger partial charge in [0.25, 0.3) is 0 Å². The molecule has 1 aliphatic heterocycles. The lowest BCUT2D eigenvalue weighted by atomic mass is 9.80. The molecule has 2 rings (SSSR count). The van der Waals surface area contributed by atoms with Crippen molar-refractivity contribution in [2.24, 2.45) is 0 Å². The minimum absolute atomic E-state index is 0.220. The second-order valence-electron chi connectivity index (χ2n) is 3.99. The number of fused-ring (bicyclic) bond motifs is 1. The largest absolute Gasteiger partial charge is 0.379 e. The van der Waals surface area contributed by atoms with Crippen molar-refractivity contribution in [3.8, 4) is 0 Å². The fourth-order valence-corrected chi connectivity index (χ4v) is 2.02. The molecule has 1 fully saturated rings. The summed E-state index contributed by atoms with van der Waals surface area (Å²) in [4.78, 5) is 11.4. The summed E-state index contributed by atoms with van der Waals surface area (Å²) < 4.78 is 5.27. The van der Waals surface area contributed by atoms with Gasteiger partial charge in [0.2, 0.25) is 0 Å². The topological polar surface area (TPSA) is 49.8 Å². The average Bonchev–Trinajstić information content (AvgIpc) is 2.59. The van der Waals surface area contributed by atoms with Gasteiger partial charge in [-0.1, -0.05) is 0 Å². The molecule has 3 atom stereocenters. The molecule has 3 nitrogen and oxygen atoms in total. The first-order valence-electron chi connectivity index (χ1n) is 4.02. The second kappa shape index (κ2) is 1.80. The lowest BCUT2D eigenvalue weighted by Crippen LogP contribution is -2.46. The second-order valence-corrected chi connectivity index (χ2v) is 3.99. The van der Waals surface area contributed by atoms with E-state index in [9.17, 15) is 9.90 Å². The maximum Gasteiger partial charge on any atom is 0.192 e. The van der Waals surface area contributed by atoms with Crippen LogP contribution in [0, 0.1) is 0 Å². The molecule has 0 radical (unpaired) electrons. The molecule has 0 spiro atoms. The number of ketones is 1. The number of epoxide rings is 1. The van der Waals surface area contributed by atoms with E-state index in [1.54, 1.807) is 13.0 Å². The third-order valence-corrected chi connectivity index (χ3v) is 2.67. The van der Waals surface area contributed by atoms with Crippen molar-refractivity contribution in [1.82, 2.24) is 0 Å². The number of carbonyl (C=O) groups excluding carboxylic acids is 1. The molecule has 12 heavy (non-hydrogen) atoms. The van der Waals surface area contributed by atoms with E-state index in [0.717, 1.165) is 0 Å². The number of aliphatic hydroxyl groups is 1. The molecular weight excluding hydrogens is 156 g/mol. The van der Waals surface area contributed by atoms with Crippen molar-refractivity contribution in [2.45, 2.75) is 38.1 Å². The van der Waals surface area contributed by atoms with Crippen LogP contribution in [0.15, 0.2) is 11.6 Å². The van der Waals surface area contributed by atoms with Crippen LogP contribution >= 0.6 is 0 Å². The average molecular weight is 168 g/mol. The molecule has 0 aromatic rings. The Morgan fingerprint density at radius 1 is 1.58 bits per heavy atom. The van der Waals surface area contributed by atoms with Gasteiger partial charge in [0.05, 0.1) is 0 Å². The summed E-state index contributed by atoms with van der Waals surface area (Å²) in [6, 6.07) is 0. The molecular formula is C9H12O3. The predicted molar refractivity (Wildman–Crippen MR) is 42.7 cm³/mol. The van der Waals surface area contributed by atoms with Gasteiger partial charge in [-0.2, -0.15) is 0 Å². The van der Waals surface area contributed by atoms with Crippen LogP contribution in [0.4, 0.5) is 0 Å². The zero-order valence-electron chi connectivity index (χ0n) is 7.42. The van der Waals surface area contributed by atoms with E-state index in [4.69, 9.17) is 4.74 Å². The normalized spacial score (nSPS) is 51.5. The zero-order valence-corrected chi connectivity index (χ0v) is 7.42. The summed E-state index contributed by atoms with van der Waals surface area (Å²) in [5, 5.41) is 9.77. The smallest absolute Gasteiger partial charge is 0.192 e. The molecule has 0 amide bonds. The van der Waals surface area contributed by atoms with Crippen molar-refractivity contribution < 1.29 is 14.6 Å². The van der Waals surface area contributed by atoms with Crippen LogP contribution in [-0.4, -0.2) is 28.2 Å². The van der Waals surface area contributed by atoms with E-state index < -0.39 is 11.2 Å². The zero-order chi connectivity index (χ0) is 9.15. The molecule has 2 aliphatic rings. The molecule has 1 aliphatic carbocycles. The summed E-state index contributed by atoms with van der Waals surface area (Å²) in [6.45, 7) is 5.10. The molecule has 1 N–H and O–H groups in total. The number of rotatable bonds is 0.